The predicted molar refractivity (Wildman–Crippen MR) is 104 cm³/mol. The number of ether oxygens (including phenoxy) is 2. The van der Waals surface area contributed by atoms with Gasteiger partial charge in [0.25, 0.3) is 0 Å². The first-order chi connectivity index (χ1) is 13.1. The molecule has 6 nitrogen and oxygen atoms in total. The summed E-state index contributed by atoms with van der Waals surface area (Å²) in [5.74, 6) is 1.12. The lowest BCUT2D eigenvalue weighted by atomic mass is 9.90. The van der Waals surface area contributed by atoms with Gasteiger partial charge < -0.3 is 19.7 Å². The first-order valence-electron chi connectivity index (χ1n) is 8.93. The number of methoxy groups -OCH3 is 2. The number of rotatable bonds is 6. The predicted octanol–water partition coefficient (Wildman–Crippen LogP) is 2.77. The minimum absolute atomic E-state index is 0.0111. The molecule has 1 aromatic heterocycles. The van der Waals surface area contributed by atoms with Crippen molar-refractivity contribution in [2.24, 2.45) is 0 Å². The van der Waals surface area contributed by atoms with Gasteiger partial charge in [0, 0.05) is 17.8 Å². The Bertz CT molecular complexity index is 820. The van der Waals surface area contributed by atoms with Gasteiger partial charge >= 0.3 is 0 Å². The highest BCUT2D eigenvalue weighted by Crippen LogP contribution is 2.42. The van der Waals surface area contributed by atoms with Crippen LogP contribution in [0.3, 0.4) is 0 Å². The Kier molecular flexibility index (Phi) is 6.01. The van der Waals surface area contributed by atoms with Crippen molar-refractivity contribution in [3.8, 4) is 11.5 Å². The molecule has 1 unspecified atom stereocenters. The topological polar surface area (TPSA) is 67.9 Å². The number of nitrogens with one attached hydrogen (secondary N) is 1. The smallest absolute Gasteiger partial charge is 0.242 e. The highest BCUT2D eigenvalue weighted by molar-refractivity contribution is 7.10. The van der Waals surface area contributed by atoms with Gasteiger partial charge in [0.05, 0.1) is 26.8 Å². The number of carbonyl (C=O) groups excluding carboxylic acids is 2. The van der Waals surface area contributed by atoms with E-state index in [2.05, 4.69) is 5.32 Å². The Hall–Kier alpha value is -2.54. The largest absolute Gasteiger partial charge is 0.493 e. The van der Waals surface area contributed by atoms with E-state index in [1.165, 1.54) is 0 Å². The van der Waals surface area contributed by atoms with Crippen molar-refractivity contribution in [1.82, 2.24) is 10.2 Å². The first kappa shape index (κ1) is 19.2. The van der Waals surface area contributed by atoms with Crippen LogP contribution in [0.4, 0.5) is 0 Å². The van der Waals surface area contributed by atoms with Crippen molar-refractivity contribution in [3.05, 3.63) is 45.6 Å². The summed E-state index contributed by atoms with van der Waals surface area (Å²) < 4.78 is 10.9. The average Bonchev–Trinajstić information content (AvgIpc) is 3.23. The van der Waals surface area contributed by atoms with Crippen molar-refractivity contribution in [2.45, 2.75) is 25.8 Å². The summed E-state index contributed by atoms with van der Waals surface area (Å²) in [5.41, 5.74) is 2.18. The monoisotopic (exact) mass is 388 g/mol. The van der Waals surface area contributed by atoms with Crippen molar-refractivity contribution in [3.63, 3.8) is 0 Å². The minimum Gasteiger partial charge on any atom is -0.493 e. The maximum absolute atomic E-state index is 12.9. The number of nitrogens with zero attached hydrogens (tertiary/aromatic N) is 1. The van der Waals surface area contributed by atoms with Crippen LogP contribution in [0.2, 0.25) is 0 Å². The number of thiophene rings is 1. The molecule has 7 heteroatoms. The fourth-order valence-corrected chi connectivity index (χ4v) is 4.22. The number of hydrogen-bond acceptors (Lipinski definition) is 5. The van der Waals surface area contributed by atoms with E-state index in [-0.39, 0.29) is 24.4 Å². The fourth-order valence-electron chi connectivity index (χ4n) is 3.37. The van der Waals surface area contributed by atoms with Crippen LogP contribution in [0.1, 0.15) is 35.4 Å². The molecule has 1 atom stereocenters. The molecule has 0 bridgehead atoms. The maximum Gasteiger partial charge on any atom is 0.242 e. The highest BCUT2D eigenvalue weighted by Gasteiger charge is 2.33. The number of amides is 2. The normalized spacial score (nSPS) is 15.8. The van der Waals surface area contributed by atoms with Crippen molar-refractivity contribution in [1.29, 1.82) is 0 Å². The van der Waals surface area contributed by atoms with Crippen molar-refractivity contribution < 1.29 is 19.1 Å². The molecule has 2 heterocycles. The summed E-state index contributed by atoms with van der Waals surface area (Å²) in [6.45, 7) is 2.37. The molecule has 0 radical (unpaired) electrons. The Morgan fingerprint density at radius 1 is 1.26 bits per heavy atom. The van der Waals surface area contributed by atoms with Gasteiger partial charge in [0.1, 0.15) is 0 Å². The molecule has 0 fully saturated rings. The van der Waals surface area contributed by atoms with Gasteiger partial charge in [-0.15, -0.1) is 11.3 Å². The van der Waals surface area contributed by atoms with Crippen LogP contribution in [0.25, 0.3) is 0 Å². The third-order valence-corrected chi connectivity index (χ3v) is 5.69. The third-order valence-electron chi connectivity index (χ3n) is 4.76. The summed E-state index contributed by atoms with van der Waals surface area (Å²) in [7, 11) is 3.23. The Morgan fingerprint density at radius 2 is 2.00 bits per heavy atom. The van der Waals surface area contributed by atoms with E-state index in [4.69, 9.17) is 9.47 Å². The zero-order valence-electron chi connectivity index (χ0n) is 15.8. The van der Waals surface area contributed by atoms with Crippen LogP contribution in [-0.4, -0.2) is 44.0 Å². The number of benzene rings is 1. The number of fused-ring (bicyclic) bond motifs is 1. The van der Waals surface area contributed by atoms with E-state index in [1.807, 2.05) is 34.5 Å². The van der Waals surface area contributed by atoms with E-state index >= 15 is 0 Å². The van der Waals surface area contributed by atoms with E-state index in [0.717, 1.165) is 22.4 Å². The quantitative estimate of drug-likeness (QED) is 0.826. The van der Waals surface area contributed by atoms with Gasteiger partial charge in [-0.3, -0.25) is 9.59 Å². The minimum atomic E-state index is -0.195. The molecule has 2 aromatic rings. The maximum atomic E-state index is 12.9. The van der Waals surface area contributed by atoms with E-state index in [9.17, 15) is 9.59 Å². The summed E-state index contributed by atoms with van der Waals surface area (Å²) in [6, 6.07) is 7.78. The van der Waals surface area contributed by atoms with Gasteiger partial charge in [-0.05, 0) is 41.1 Å². The van der Waals surface area contributed by atoms with Crippen LogP contribution in [0.5, 0.6) is 11.5 Å². The van der Waals surface area contributed by atoms with E-state index in [1.54, 1.807) is 32.5 Å². The van der Waals surface area contributed by atoms with Crippen LogP contribution < -0.4 is 14.8 Å². The average molecular weight is 388 g/mol. The van der Waals surface area contributed by atoms with Crippen LogP contribution in [0, 0.1) is 0 Å². The number of hydrogen-bond donors (Lipinski definition) is 1. The Morgan fingerprint density at radius 3 is 2.63 bits per heavy atom. The molecule has 144 valence electrons. The van der Waals surface area contributed by atoms with Crippen LogP contribution in [0.15, 0.2) is 29.6 Å². The molecule has 3 rings (SSSR count). The van der Waals surface area contributed by atoms with Gasteiger partial charge in [0.2, 0.25) is 11.8 Å². The zero-order valence-corrected chi connectivity index (χ0v) is 16.6. The molecule has 2 amide bonds. The lowest BCUT2D eigenvalue weighted by molar-refractivity contribution is -0.134. The van der Waals surface area contributed by atoms with E-state index < -0.39 is 0 Å². The molecule has 1 aliphatic rings. The second-order valence-electron chi connectivity index (χ2n) is 6.29. The Balaban J connectivity index is 1.98. The summed E-state index contributed by atoms with van der Waals surface area (Å²) in [6.07, 6.45) is 1.09. The molecular formula is C20H24N2O4S. The molecule has 0 aliphatic carbocycles. The fraction of sp³-hybridized carbons (Fsp3) is 0.400. The van der Waals surface area contributed by atoms with Crippen LogP contribution in [-0.2, 0) is 16.0 Å². The van der Waals surface area contributed by atoms with E-state index in [0.29, 0.717) is 24.5 Å². The third kappa shape index (κ3) is 3.93. The highest BCUT2D eigenvalue weighted by atomic mass is 32.1. The lowest BCUT2D eigenvalue weighted by Gasteiger charge is -2.37. The lowest BCUT2D eigenvalue weighted by Crippen LogP contribution is -2.45. The second kappa shape index (κ2) is 8.43. The molecule has 0 spiro atoms. The molecule has 1 aromatic carbocycles. The molecule has 0 saturated carbocycles. The standard InChI is InChI=1S/C20H24N2O4S/c1-4-18(23)21-12-19(24)22-8-7-13-10-15(25-2)16(26-3)11-14(13)20(22)17-6-5-9-27-17/h5-6,9-11,20H,4,7-8,12H2,1-3H3,(H,21,23). The summed E-state index contributed by atoms with van der Waals surface area (Å²) in [5, 5.41) is 4.69. The Labute approximate surface area is 163 Å². The summed E-state index contributed by atoms with van der Waals surface area (Å²) >= 11 is 1.61. The zero-order chi connectivity index (χ0) is 19.4. The van der Waals surface area contributed by atoms with Crippen molar-refractivity contribution >= 4 is 23.2 Å². The second-order valence-corrected chi connectivity index (χ2v) is 7.27. The first-order valence-corrected chi connectivity index (χ1v) is 9.81. The van der Waals surface area contributed by atoms with Gasteiger partial charge in [-0.25, -0.2) is 0 Å². The molecule has 1 N–H and O–H groups in total. The molecule has 27 heavy (non-hydrogen) atoms. The van der Waals surface area contributed by atoms with Gasteiger partial charge in [-0.2, -0.15) is 0 Å². The SMILES string of the molecule is CCC(=O)NCC(=O)N1CCc2cc(OC)c(OC)cc2C1c1cccs1. The summed E-state index contributed by atoms with van der Waals surface area (Å²) in [4.78, 5) is 27.3. The molecular weight excluding hydrogens is 364 g/mol. The van der Waals surface area contributed by atoms with Crippen LogP contribution >= 0.6 is 11.3 Å². The molecule has 0 saturated heterocycles. The molecule has 1 aliphatic heterocycles. The van der Waals surface area contributed by atoms with Gasteiger partial charge in [0.15, 0.2) is 11.5 Å². The number of carbonyl (C=O) groups is 2. The van der Waals surface area contributed by atoms with Gasteiger partial charge in [-0.1, -0.05) is 13.0 Å². The van der Waals surface area contributed by atoms with Crippen molar-refractivity contribution in [2.75, 3.05) is 27.3 Å².